The van der Waals surface area contributed by atoms with E-state index in [4.69, 9.17) is 0 Å². The van der Waals surface area contributed by atoms with Crippen molar-refractivity contribution in [2.75, 3.05) is 0 Å². The van der Waals surface area contributed by atoms with Gasteiger partial charge in [0.2, 0.25) is 0 Å². The van der Waals surface area contributed by atoms with Gasteiger partial charge in [-0.05, 0) is 47.5 Å². The second-order valence-corrected chi connectivity index (χ2v) is 13.4. The first-order chi connectivity index (χ1) is 15.3. The van der Waals surface area contributed by atoms with Gasteiger partial charge in [-0.15, -0.1) is 0 Å². The Morgan fingerprint density at radius 3 is 2.59 bits per heavy atom. The van der Waals surface area contributed by atoms with Gasteiger partial charge in [0.1, 0.15) is 5.75 Å². The fourth-order valence-electron chi connectivity index (χ4n) is 4.94. The number of alkyl halides is 1. The molecule has 3 heteroatoms. The van der Waals surface area contributed by atoms with Crippen LogP contribution < -0.4 is 0 Å². The molecule has 4 rings (SSSR count). The second kappa shape index (κ2) is 10.5. The molecule has 3 aliphatic carbocycles. The number of aromatic hydroxyl groups is 1. The Morgan fingerprint density at radius 2 is 1.81 bits per heavy atom. The average molecular weight is 561 g/mol. The van der Waals surface area contributed by atoms with Crippen LogP contribution in [0.5, 0.6) is 5.75 Å². The summed E-state index contributed by atoms with van der Waals surface area (Å²) in [5.41, 5.74) is 6.15. The monoisotopic (exact) mass is 560 g/mol. The number of phenols is 1. The van der Waals surface area contributed by atoms with Gasteiger partial charge in [-0.3, -0.25) is 0 Å². The van der Waals surface area contributed by atoms with E-state index in [1.807, 2.05) is 0 Å². The number of hydrogen-bond acceptors (Lipinski definition) is 2. The van der Waals surface area contributed by atoms with E-state index >= 15 is 0 Å². The van der Waals surface area contributed by atoms with Crippen molar-refractivity contribution in [3.05, 3.63) is 70.9 Å². The number of hydrogen-bond donors (Lipinski definition) is 1. The van der Waals surface area contributed by atoms with E-state index in [-0.39, 0.29) is 5.41 Å². The van der Waals surface area contributed by atoms with Crippen LogP contribution in [-0.4, -0.2) is 14.3 Å². The topological polar surface area (TPSA) is 20.2 Å². The highest BCUT2D eigenvalue weighted by Gasteiger charge is 2.26. The van der Waals surface area contributed by atoms with E-state index in [0.717, 1.165) is 27.2 Å². The molecule has 1 aromatic carbocycles. The summed E-state index contributed by atoms with van der Waals surface area (Å²) in [4.78, 5) is 0. The maximum Gasteiger partial charge on any atom is 0.127 e. The fourth-order valence-corrected chi connectivity index (χ4v) is 7.65. The van der Waals surface area contributed by atoms with Crippen LogP contribution in [0.1, 0.15) is 82.4 Å². The second-order valence-electron chi connectivity index (χ2n) is 10.6. The lowest BCUT2D eigenvalue weighted by atomic mass is 9.79. The van der Waals surface area contributed by atoms with Crippen molar-refractivity contribution in [1.29, 1.82) is 0 Å². The molecule has 0 aliphatic heterocycles. The fraction of sp³-hybridized carbons (Fsp3) is 0.517. The predicted molar refractivity (Wildman–Crippen MR) is 150 cm³/mol. The minimum atomic E-state index is 0.0532. The molecule has 1 fully saturated rings. The Morgan fingerprint density at radius 1 is 1.03 bits per heavy atom. The van der Waals surface area contributed by atoms with E-state index in [2.05, 4.69) is 104 Å². The lowest BCUT2D eigenvalue weighted by Gasteiger charge is -2.28. The molecule has 2 unspecified atom stereocenters. The number of phenolic OH excluding ortho intramolecular Hbond substituents is 1. The van der Waals surface area contributed by atoms with E-state index in [0.29, 0.717) is 16.9 Å². The summed E-state index contributed by atoms with van der Waals surface area (Å²) < 4.78 is 0.737. The average Bonchev–Trinajstić information content (AvgIpc) is 2.76. The van der Waals surface area contributed by atoms with Gasteiger partial charge in [0.25, 0.3) is 0 Å². The first-order valence-corrected chi connectivity index (χ1v) is 14.5. The molecule has 3 aliphatic rings. The maximum absolute atomic E-state index is 11.4. The Bertz CT molecular complexity index is 947. The molecule has 0 bridgehead atoms. The Kier molecular flexibility index (Phi) is 7.97. The number of rotatable bonds is 4. The van der Waals surface area contributed by atoms with E-state index < -0.39 is 0 Å². The largest absolute Gasteiger partial charge is 0.507 e. The van der Waals surface area contributed by atoms with Gasteiger partial charge in [0.15, 0.2) is 0 Å². The van der Waals surface area contributed by atoms with Crippen molar-refractivity contribution >= 4 is 39.9 Å². The molecule has 0 aromatic heterocycles. The number of allylic oxidation sites excluding steroid dienone is 8. The third-order valence-corrected chi connectivity index (χ3v) is 10.5. The van der Waals surface area contributed by atoms with Gasteiger partial charge < -0.3 is 5.11 Å². The van der Waals surface area contributed by atoms with Crippen LogP contribution >= 0.6 is 34.4 Å². The van der Waals surface area contributed by atoms with Crippen molar-refractivity contribution in [3.63, 3.8) is 0 Å². The van der Waals surface area contributed by atoms with Crippen LogP contribution in [0.4, 0.5) is 0 Å². The van der Waals surface area contributed by atoms with Crippen molar-refractivity contribution in [2.45, 2.75) is 86.1 Å². The minimum absolute atomic E-state index is 0.0532. The highest BCUT2D eigenvalue weighted by Crippen LogP contribution is 2.43. The van der Waals surface area contributed by atoms with E-state index in [1.165, 1.54) is 55.2 Å². The summed E-state index contributed by atoms with van der Waals surface area (Å²) in [6, 6.07) is 4.51. The first kappa shape index (κ1) is 24.2. The Labute approximate surface area is 212 Å². The molecule has 172 valence electrons. The molecule has 0 saturated heterocycles. The standard InChI is InChI=1S/C29H37IOS/c1-29(2,3)24-17-23(19-32-27-13-7-5-4-6-12-26(27)30)28(31)25(18-24)22-15-14-20-10-8-9-11-21(20)16-22/h8-11,14-15,17-18,21,26-27,31H,4-7,12-13,16,19H2,1-3H3/t21?,26?,27-/m0/s1. The van der Waals surface area contributed by atoms with Gasteiger partial charge >= 0.3 is 0 Å². The molecule has 1 N–H and O–H groups in total. The highest BCUT2D eigenvalue weighted by atomic mass is 127. The van der Waals surface area contributed by atoms with Crippen LogP contribution in [0.15, 0.2) is 54.2 Å². The number of halogens is 1. The molecular formula is C29H37IOS. The zero-order valence-corrected chi connectivity index (χ0v) is 22.7. The molecule has 1 nitrogen and oxygen atoms in total. The predicted octanol–water partition coefficient (Wildman–Crippen LogP) is 8.91. The van der Waals surface area contributed by atoms with E-state index in [1.54, 1.807) is 0 Å². The normalized spacial score (nSPS) is 26.1. The van der Waals surface area contributed by atoms with Gasteiger partial charge in [-0.1, -0.05) is 112 Å². The third-order valence-electron chi connectivity index (χ3n) is 7.06. The summed E-state index contributed by atoms with van der Waals surface area (Å²) in [5, 5.41) is 12.1. The molecular weight excluding hydrogens is 523 g/mol. The molecule has 0 amide bonds. The molecule has 1 saturated carbocycles. The number of fused-ring (bicyclic) bond motifs is 1. The Hall–Kier alpha value is -0.940. The van der Waals surface area contributed by atoms with Crippen molar-refractivity contribution in [1.82, 2.24) is 0 Å². The van der Waals surface area contributed by atoms with Gasteiger partial charge in [-0.2, -0.15) is 11.8 Å². The maximum atomic E-state index is 11.4. The molecule has 1 aromatic rings. The van der Waals surface area contributed by atoms with Crippen LogP contribution in [-0.2, 0) is 11.2 Å². The lowest BCUT2D eigenvalue weighted by molar-refractivity contribution is 0.466. The van der Waals surface area contributed by atoms with Gasteiger partial charge in [-0.25, -0.2) is 0 Å². The molecule has 0 heterocycles. The minimum Gasteiger partial charge on any atom is -0.507 e. The Balaban J connectivity index is 1.62. The van der Waals surface area contributed by atoms with E-state index in [9.17, 15) is 5.11 Å². The summed E-state index contributed by atoms with van der Waals surface area (Å²) in [5.74, 6) is 1.82. The molecule has 0 spiro atoms. The number of benzene rings is 1. The molecule has 32 heavy (non-hydrogen) atoms. The van der Waals surface area contributed by atoms with Crippen LogP contribution in [0.2, 0.25) is 0 Å². The zero-order chi connectivity index (χ0) is 22.7. The zero-order valence-electron chi connectivity index (χ0n) is 19.7. The summed E-state index contributed by atoms with van der Waals surface area (Å²) >= 11 is 4.75. The van der Waals surface area contributed by atoms with Crippen LogP contribution in [0.3, 0.4) is 0 Å². The van der Waals surface area contributed by atoms with Gasteiger partial charge in [0, 0.05) is 32.0 Å². The van der Waals surface area contributed by atoms with Crippen molar-refractivity contribution < 1.29 is 5.11 Å². The third kappa shape index (κ3) is 5.75. The molecule has 0 radical (unpaired) electrons. The van der Waals surface area contributed by atoms with Crippen LogP contribution in [0.25, 0.3) is 5.57 Å². The lowest BCUT2D eigenvalue weighted by Crippen LogP contribution is -2.19. The molecule has 3 atom stereocenters. The van der Waals surface area contributed by atoms with Crippen molar-refractivity contribution in [2.24, 2.45) is 5.92 Å². The van der Waals surface area contributed by atoms with Gasteiger partial charge in [0.05, 0.1) is 0 Å². The van der Waals surface area contributed by atoms with Crippen LogP contribution in [0, 0.1) is 5.92 Å². The quantitative estimate of drug-likeness (QED) is 0.293. The first-order valence-electron chi connectivity index (χ1n) is 12.2. The summed E-state index contributed by atoms with van der Waals surface area (Å²) in [7, 11) is 0. The summed E-state index contributed by atoms with van der Waals surface area (Å²) in [6.07, 6.45) is 22.3. The SMILES string of the molecule is CC(C)(C)c1cc(CS[C@H]2CCCCCCC2I)c(O)c(C2=CC=C3C=CC=CC3C2)c1. The summed E-state index contributed by atoms with van der Waals surface area (Å²) in [6.45, 7) is 6.83. The smallest absolute Gasteiger partial charge is 0.127 e. The highest BCUT2D eigenvalue weighted by molar-refractivity contribution is 14.1. The number of thioether (sulfide) groups is 1. The van der Waals surface area contributed by atoms with Crippen molar-refractivity contribution in [3.8, 4) is 5.75 Å².